The molecule has 0 atom stereocenters. The smallest absolute Gasteiger partial charge is 0.253 e. The molecular formula is C15H14Cl2N2O. The van der Waals surface area contributed by atoms with Crippen LogP contribution in [0.2, 0.25) is 10.0 Å². The Morgan fingerprint density at radius 3 is 2.45 bits per heavy atom. The van der Waals surface area contributed by atoms with Crippen LogP contribution in [-0.2, 0) is 6.54 Å². The van der Waals surface area contributed by atoms with Crippen molar-refractivity contribution in [1.29, 1.82) is 0 Å². The van der Waals surface area contributed by atoms with Crippen LogP contribution in [-0.4, -0.2) is 17.9 Å². The maximum Gasteiger partial charge on any atom is 0.253 e. The first-order valence-electron chi connectivity index (χ1n) is 6.03. The first kappa shape index (κ1) is 14.7. The number of hydrogen-bond donors (Lipinski definition) is 1. The Balaban J connectivity index is 2.15. The average molecular weight is 309 g/mol. The van der Waals surface area contributed by atoms with Crippen molar-refractivity contribution < 1.29 is 4.79 Å². The SMILES string of the molecule is CN(Cc1cccc(Cl)c1Cl)C(=O)c1ccc(N)cc1. The lowest BCUT2D eigenvalue weighted by molar-refractivity contribution is 0.0785. The Hall–Kier alpha value is -1.71. The minimum atomic E-state index is -0.0963. The number of nitrogens with two attached hydrogens (primary N) is 1. The van der Waals surface area contributed by atoms with E-state index >= 15 is 0 Å². The fraction of sp³-hybridized carbons (Fsp3) is 0.133. The average Bonchev–Trinajstić information content (AvgIpc) is 2.44. The van der Waals surface area contributed by atoms with E-state index in [2.05, 4.69) is 0 Å². The fourth-order valence-corrected chi connectivity index (χ4v) is 2.22. The molecule has 0 unspecified atom stereocenters. The molecule has 0 aromatic heterocycles. The van der Waals surface area contributed by atoms with E-state index < -0.39 is 0 Å². The first-order valence-corrected chi connectivity index (χ1v) is 6.78. The third kappa shape index (κ3) is 3.24. The second kappa shape index (κ2) is 6.16. The van der Waals surface area contributed by atoms with Gasteiger partial charge >= 0.3 is 0 Å². The summed E-state index contributed by atoms with van der Waals surface area (Å²) in [6.45, 7) is 0.391. The number of anilines is 1. The number of nitrogen functional groups attached to an aromatic ring is 1. The van der Waals surface area contributed by atoms with Crippen LogP contribution in [0.5, 0.6) is 0 Å². The van der Waals surface area contributed by atoms with E-state index in [9.17, 15) is 4.79 Å². The Morgan fingerprint density at radius 1 is 1.15 bits per heavy atom. The van der Waals surface area contributed by atoms with Crippen molar-refractivity contribution in [3.8, 4) is 0 Å². The molecule has 0 saturated carbocycles. The summed E-state index contributed by atoms with van der Waals surface area (Å²) in [7, 11) is 1.72. The molecule has 2 rings (SSSR count). The van der Waals surface area contributed by atoms with Gasteiger partial charge in [0.25, 0.3) is 5.91 Å². The number of hydrogen-bond acceptors (Lipinski definition) is 2. The van der Waals surface area contributed by atoms with Crippen LogP contribution in [0.25, 0.3) is 0 Å². The van der Waals surface area contributed by atoms with E-state index in [1.165, 1.54) is 0 Å². The largest absolute Gasteiger partial charge is 0.399 e. The van der Waals surface area contributed by atoms with Gasteiger partial charge in [0.05, 0.1) is 10.0 Å². The standard InChI is InChI=1S/C15H14Cl2N2O/c1-19(9-11-3-2-4-13(16)14(11)17)15(20)10-5-7-12(18)8-6-10/h2-8H,9,18H2,1H3. The van der Waals surface area contributed by atoms with Gasteiger partial charge in [-0.15, -0.1) is 0 Å². The second-order valence-electron chi connectivity index (χ2n) is 4.50. The topological polar surface area (TPSA) is 46.3 Å². The minimum Gasteiger partial charge on any atom is -0.399 e. The molecule has 0 heterocycles. The highest BCUT2D eigenvalue weighted by molar-refractivity contribution is 6.42. The summed E-state index contributed by atoms with van der Waals surface area (Å²) >= 11 is 12.1. The summed E-state index contributed by atoms with van der Waals surface area (Å²) < 4.78 is 0. The normalized spacial score (nSPS) is 10.3. The van der Waals surface area contributed by atoms with Gasteiger partial charge in [-0.1, -0.05) is 35.3 Å². The van der Waals surface area contributed by atoms with Gasteiger partial charge in [0.1, 0.15) is 0 Å². The van der Waals surface area contributed by atoms with Crippen molar-refractivity contribution >= 4 is 34.8 Å². The highest BCUT2D eigenvalue weighted by Crippen LogP contribution is 2.26. The van der Waals surface area contributed by atoms with Crippen molar-refractivity contribution in [2.75, 3.05) is 12.8 Å². The molecule has 0 fully saturated rings. The molecule has 3 nitrogen and oxygen atoms in total. The van der Waals surface area contributed by atoms with Crippen molar-refractivity contribution in [1.82, 2.24) is 4.90 Å². The summed E-state index contributed by atoms with van der Waals surface area (Å²) in [6.07, 6.45) is 0. The number of benzene rings is 2. The highest BCUT2D eigenvalue weighted by Gasteiger charge is 2.14. The summed E-state index contributed by atoms with van der Waals surface area (Å²) in [5.74, 6) is -0.0963. The number of carbonyl (C=O) groups is 1. The maximum atomic E-state index is 12.3. The molecule has 0 aliphatic heterocycles. The van der Waals surface area contributed by atoms with Crippen molar-refractivity contribution in [2.45, 2.75) is 6.54 Å². The molecule has 0 bridgehead atoms. The van der Waals surface area contributed by atoms with Crippen LogP contribution < -0.4 is 5.73 Å². The summed E-state index contributed by atoms with van der Waals surface area (Å²) in [6, 6.07) is 12.2. The monoisotopic (exact) mass is 308 g/mol. The summed E-state index contributed by atoms with van der Waals surface area (Å²) in [4.78, 5) is 13.9. The van der Waals surface area contributed by atoms with Gasteiger partial charge < -0.3 is 10.6 Å². The van der Waals surface area contributed by atoms with Crippen LogP contribution in [0.15, 0.2) is 42.5 Å². The van der Waals surface area contributed by atoms with E-state index in [4.69, 9.17) is 28.9 Å². The van der Waals surface area contributed by atoms with Gasteiger partial charge in [-0.2, -0.15) is 0 Å². The number of rotatable bonds is 3. The molecule has 0 spiro atoms. The molecule has 20 heavy (non-hydrogen) atoms. The third-order valence-electron chi connectivity index (χ3n) is 2.94. The Morgan fingerprint density at radius 2 is 1.80 bits per heavy atom. The van der Waals surface area contributed by atoms with Crippen molar-refractivity contribution in [3.63, 3.8) is 0 Å². The van der Waals surface area contributed by atoms with Crippen molar-refractivity contribution in [2.24, 2.45) is 0 Å². The number of nitrogens with zero attached hydrogens (tertiary/aromatic N) is 1. The molecule has 2 aromatic rings. The molecule has 0 radical (unpaired) electrons. The predicted molar refractivity (Wildman–Crippen MR) is 83.1 cm³/mol. The lowest BCUT2D eigenvalue weighted by atomic mass is 10.1. The minimum absolute atomic E-state index is 0.0963. The number of amides is 1. The lowest BCUT2D eigenvalue weighted by Gasteiger charge is -2.18. The molecular weight excluding hydrogens is 295 g/mol. The van der Waals surface area contributed by atoms with Crippen LogP contribution >= 0.6 is 23.2 Å². The first-order chi connectivity index (χ1) is 9.49. The highest BCUT2D eigenvalue weighted by atomic mass is 35.5. The van der Waals surface area contributed by atoms with E-state index in [1.807, 2.05) is 12.1 Å². The molecule has 0 aliphatic rings. The van der Waals surface area contributed by atoms with E-state index in [0.29, 0.717) is 27.8 Å². The zero-order chi connectivity index (χ0) is 14.7. The van der Waals surface area contributed by atoms with E-state index in [1.54, 1.807) is 42.3 Å². The van der Waals surface area contributed by atoms with Crippen LogP contribution in [0.1, 0.15) is 15.9 Å². The molecule has 104 valence electrons. The van der Waals surface area contributed by atoms with Gasteiger partial charge in [-0.25, -0.2) is 0 Å². The molecule has 2 aromatic carbocycles. The van der Waals surface area contributed by atoms with E-state index in [0.717, 1.165) is 5.56 Å². The second-order valence-corrected chi connectivity index (χ2v) is 5.28. The zero-order valence-corrected chi connectivity index (χ0v) is 12.4. The van der Waals surface area contributed by atoms with Gasteiger partial charge in [-0.05, 0) is 35.9 Å². The van der Waals surface area contributed by atoms with Crippen molar-refractivity contribution in [3.05, 3.63) is 63.6 Å². The van der Waals surface area contributed by atoms with Crippen LogP contribution in [0, 0.1) is 0 Å². The summed E-state index contributed by atoms with van der Waals surface area (Å²) in [5, 5.41) is 0.962. The molecule has 0 saturated heterocycles. The van der Waals surface area contributed by atoms with Gasteiger partial charge in [0.2, 0.25) is 0 Å². The summed E-state index contributed by atoms with van der Waals surface area (Å²) in [5.41, 5.74) is 7.63. The van der Waals surface area contributed by atoms with Gasteiger partial charge in [0, 0.05) is 24.8 Å². The Bertz CT molecular complexity index is 626. The molecule has 0 aliphatic carbocycles. The Labute approximate surface area is 127 Å². The molecule has 2 N–H and O–H groups in total. The van der Waals surface area contributed by atoms with Gasteiger partial charge in [0.15, 0.2) is 0 Å². The maximum absolute atomic E-state index is 12.3. The zero-order valence-electron chi connectivity index (χ0n) is 10.9. The molecule has 5 heteroatoms. The quantitative estimate of drug-likeness (QED) is 0.875. The van der Waals surface area contributed by atoms with Gasteiger partial charge in [-0.3, -0.25) is 4.79 Å². The number of halogens is 2. The number of carbonyl (C=O) groups excluding carboxylic acids is 1. The van der Waals surface area contributed by atoms with E-state index in [-0.39, 0.29) is 5.91 Å². The van der Waals surface area contributed by atoms with Crippen LogP contribution in [0.4, 0.5) is 5.69 Å². The van der Waals surface area contributed by atoms with Crippen LogP contribution in [0.3, 0.4) is 0 Å². The predicted octanol–water partition coefficient (Wildman–Crippen LogP) is 3.85. The lowest BCUT2D eigenvalue weighted by Crippen LogP contribution is -2.26. The third-order valence-corrected chi connectivity index (χ3v) is 3.80. The molecule has 1 amide bonds. The fourth-order valence-electron chi connectivity index (χ4n) is 1.84. The Kier molecular flexibility index (Phi) is 4.53.